The highest BCUT2D eigenvalue weighted by Gasteiger charge is 2.31. The van der Waals surface area contributed by atoms with Crippen LogP contribution in [0.3, 0.4) is 0 Å². The molecule has 1 amide bonds. The maximum absolute atomic E-state index is 13.1. The number of aromatic amines is 1. The molecule has 1 aromatic carbocycles. The van der Waals surface area contributed by atoms with E-state index in [1.165, 1.54) is 11.0 Å². The summed E-state index contributed by atoms with van der Waals surface area (Å²) >= 11 is 0. The minimum Gasteiger partial charge on any atom is -0.381 e. The van der Waals surface area contributed by atoms with E-state index in [0.29, 0.717) is 36.7 Å². The standard InChI is InChI=1S/C26H34N6O3/c1-18-14-29-25(30-16-22-3-2-10-31(22)21-7-11-35-12-8-21)26(34)32(18)17-24(33)28-15-19-4-5-23-20(13-19)6-9-27-23/h4-6,9,13-14,21-22,27H,2-3,7-8,10-12,15-17H2,1H3,(H,28,33)(H,29,30). The van der Waals surface area contributed by atoms with E-state index in [0.717, 1.165) is 55.5 Å². The van der Waals surface area contributed by atoms with Gasteiger partial charge >= 0.3 is 0 Å². The molecule has 9 nitrogen and oxygen atoms in total. The minimum atomic E-state index is -0.260. The van der Waals surface area contributed by atoms with Crippen LogP contribution in [0.5, 0.6) is 0 Å². The van der Waals surface area contributed by atoms with Crippen molar-refractivity contribution in [2.45, 2.75) is 57.8 Å². The van der Waals surface area contributed by atoms with Crippen LogP contribution < -0.4 is 16.2 Å². The maximum atomic E-state index is 13.1. The average molecular weight is 479 g/mol. The number of aryl methyl sites for hydroxylation is 1. The molecule has 3 aromatic rings. The largest absolute Gasteiger partial charge is 0.381 e. The van der Waals surface area contributed by atoms with Gasteiger partial charge in [-0.05, 0) is 68.3 Å². The summed E-state index contributed by atoms with van der Waals surface area (Å²) in [5.74, 6) is 0.100. The highest BCUT2D eigenvalue weighted by atomic mass is 16.5. The molecule has 2 aromatic heterocycles. The second kappa shape index (κ2) is 10.6. The molecule has 5 rings (SSSR count). The van der Waals surface area contributed by atoms with E-state index in [9.17, 15) is 9.59 Å². The molecule has 1 unspecified atom stereocenters. The lowest BCUT2D eigenvalue weighted by molar-refractivity contribution is -0.121. The summed E-state index contributed by atoms with van der Waals surface area (Å²) in [6.07, 6.45) is 7.97. The molecule has 186 valence electrons. The molecule has 1 atom stereocenters. The Kier molecular flexibility index (Phi) is 7.15. The Balaban J connectivity index is 1.19. The van der Waals surface area contributed by atoms with Crippen molar-refractivity contribution < 1.29 is 9.53 Å². The molecule has 35 heavy (non-hydrogen) atoms. The molecule has 4 heterocycles. The fourth-order valence-electron chi connectivity index (χ4n) is 5.29. The molecular weight excluding hydrogens is 444 g/mol. The van der Waals surface area contributed by atoms with Gasteiger partial charge < -0.3 is 20.4 Å². The second-order valence-electron chi connectivity index (χ2n) is 9.57. The van der Waals surface area contributed by atoms with Crippen molar-refractivity contribution in [2.24, 2.45) is 0 Å². The van der Waals surface area contributed by atoms with Gasteiger partial charge in [0.25, 0.3) is 5.56 Å². The molecule has 0 saturated carbocycles. The molecule has 0 spiro atoms. The van der Waals surface area contributed by atoms with Gasteiger partial charge in [-0.1, -0.05) is 6.07 Å². The van der Waals surface area contributed by atoms with Crippen molar-refractivity contribution in [1.29, 1.82) is 0 Å². The predicted octanol–water partition coefficient (Wildman–Crippen LogP) is 2.40. The van der Waals surface area contributed by atoms with Gasteiger partial charge in [-0.15, -0.1) is 0 Å². The highest BCUT2D eigenvalue weighted by Crippen LogP contribution is 2.25. The lowest BCUT2D eigenvalue weighted by Crippen LogP contribution is -2.45. The number of amides is 1. The Morgan fingerprint density at radius 1 is 1.23 bits per heavy atom. The van der Waals surface area contributed by atoms with Crippen LogP contribution in [0.15, 0.2) is 41.5 Å². The van der Waals surface area contributed by atoms with Crippen LogP contribution in [-0.2, 0) is 22.6 Å². The van der Waals surface area contributed by atoms with E-state index in [4.69, 9.17) is 4.74 Å². The number of nitrogens with one attached hydrogen (secondary N) is 3. The summed E-state index contributed by atoms with van der Waals surface area (Å²) in [5.41, 5.74) is 2.48. The molecule has 0 radical (unpaired) electrons. The van der Waals surface area contributed by atoms with Crippen LogP contribution in [0.2, 0.25) is 0 Å². The van der Waals surface area contributed by atoms with E-state index in [-0.39, 0.29) is 18.0 Å². The van der Waals surface area contributed by atoms with E-state index >= 15 is 0 Å². The number of hydrogen-bond donors (Lipinski definition) is 3. The summed E-state index contributed by atoms with van der Waals surface area (Å²) in [4.78, 5) is 35.9. The van der Waals surface area contributed by atoms with Crippen molar-refractivity contribution in [3.8, 4) is 0 Å². The summed E-state index contributed by atoms with van der Waals surface area (Å²) < 4.78 is 7.01. The first-order valence-corrected chi connectivity index (χ1v) is 12.5. The third-order valence-electron chi connectivity index (χ3n) is 7.25. The Morgan fingerprint density at radius 3 is 2.94 bits per heavy atom. The number of likely N-dealkylation sites (tertiary alicyclic amines) is 1. The normalized spacial score (nSPS) is 19.3. The second-order valence-corrected chi connectivity index (χ2v) is 9.57. The van der Waals surface area contributed by atoms with Crippen molar-refractivity contribution in [3.05, 3.63) is 58.3 Å². The van der Waals surface area contributed by atoms with Crippen molar-refractivity contribution in [3.63, 3.8) is 0 Å². The summed E-state index contributed by atoms with van der Waals surface area (Å²) in [7, 11) is 0. The van der Waals surface area contributed by atoms with Crippen molar-refractivity contribution in [2.75, 3.05) is 31.6 Å². The van der Waals surface area contributed by atoms with Gasteiger partial charge in [-0.2, -0.15) is 0 Å². The molecule has 3 N–H and O–H groups in total. The van der Waals surface area contributed by atoms with Gasteiger partial charge in [-0.3, -0.25) is 19.1 Å². The van der Waals surface area contributed by atoms with Crippen LogP contribution in [0.1, 0.15) is 36.9 Å². The quantitative estimate of drug-likeness (QED) is 0.459. The number of benzene rings is 1. The maximum Gasteiger partial charge on any atom is 0.293 e. The summed E-state index contributed by atoms with van der Waals surface area (Å²) in [6, 6.07) is 8.97. The highest BCUT2D eigenvalue weighted by molar-refractivity contribution is 5.80. The van der Waals surface area contributed by atoms with Crippen LogP contribution in [0.25, 0.3) is 10.9 Å². The summed E-state index contributed by atoms with van der Waals surface area (Å²) in [5, 5.41) is 7.32. The Labute approximate surface area is 204 Å². The molecular formula is C26H34N6O3. The van der Waals surface area contributed by atoms with Crippen molar-refractivity contribution >= 4 is 22.6 Å². The zero-order valence-corrected chi connectivity index (χ0v) is 20.3. The van der Waals surface area contributed by atoms with E-state index in [1.54, 1.807) is 13.1 Å². The fourth-order valence-corrected chi connectivity index (χ4v) is 5.29. The van der Waals surface area contributed by atoms with Gasteiger partial charge in [0.05, 0.1) is 0 Å². The van der Waals surface area contributed by atoms with E-state index in [1.807, 2.05) is 30.5 Å². The summed E-state index contributed by atoms with van der Waals surface area (Å²) in [6.45, 7) is 5.60. The number of ether oxygens (including phenoxy) is 1. The van der Waals surface area contributed by atoms with Gasteiger partial charge in [0.2, 0.25) is 5.91 Å². The first-order valence-electron chi connectivity index (χ1n) is 12.5. The number of hydrogen-bond acceptors (Lipinski definition) is 6. The zero-order valence-electron chi connectivity index (χ0n) is 20.3. The number of rotatable bonds is 8. The third-order valence-corrected chi connectivity index (χ3v) is 7.25. The fraction of sp³-hybridized carbons (Fsp3) is 0.500. The molecule has 0 aliphatic carbocycles. The first kappa shape index (κ1) is 23.6. The Morgan fingerprint density at radius 2 is 2.09 bits per heavy atom. The van der Waals surface area contributed by atoms with Gasteiger partial charge in [0.1, 0.15) is 6.54 Å². The van der Waals surface area contributed by atoms with E-state index in [2.05, 4.69) is 25.5 Å². The smallest absolute Gasteiger partial charge is 0.293 e. The van der Waals surface area contributed by atoms with Crippen LogP contribution >= 0.6 is 0 Å². The molecule has 0 bridgehead atoms. The lowest BCUT2D eigenvalue weighted by atomic mass is 10.1. The zero-order chi connectivity index (χ0) is 24.2. The average Bonchev–Trinajstić information content (AvgIpc) is 3.54. The predicted molar refractivity (Wildman–Crippen MR) is 135 cm³/mol. The van der Waals surface area contributed by atoms with E-state index < -0.39 is 0 Å². The minimum absolute atomic E-state index is 0.0358. The first-order chi connectivity index (χ1) is 17.1. The molecule has 2 aliphatic rings. The van der Waals surface area contributed by atoms with Gasteiger partial charge in [0, 0.05) is 62.0 Å². The SMILES string of the molecule is Cc1cnc(NCC2CCCN2C2CCOCC2)c(=O)n1CC(=O)NCc1ccc2[nH]ccc2c1. The number of anilines is 1. The van der Waals surface area contributed by atoms with Crippen molar-refractivity contribution in [1.82, 2.24) is 24.8 Å². The molecule has 2 aliphatic heterocycles. The number of fused-ring (bicyclic) bond motifs is 1. The van der Waals surface area contributed by atoms with Crippen LogP contribution in [0, 0.1) is 6.92 Å². The molecule has 2 fully saturated rings. The molecule has 9 heteroatoms. The third kappa shape index (κ3) is 5.41. The number of carbonyl (C=O) groups is 1. The molecule has 2 saturated heterocycles. The Hall–Kier alpha value is -3.17. The lowest BCUT2D eigenvalue weighted by Gasteiger charge is -2.35. The van der Waals surface area contributed by atoms with Crippen LogP contribution in [0.4, 0.5) is 5.82 Å². The topological polar surface area (TPSA) is 104 Å². The van der Waals surface area contributed by atoms with Crippen LogP contribution in [-0.4, -0.2) is 63.7 Å². The monoisotopic (exact) mass is 478 g/mol. The Bertz CT molecular complexity index is 1230. The number of nitrogens with zero attached hydrogens (tertiary/aromatic N) is 3. The van der Waals surface area contributed by atoms with Gasteiger partial charge in [0.15, 0.2) is 5.82 Å². The number of aromatic nitrogens is 3. The number of carbonyl (C=O) groups excluding carboxylic acids is 1. The van der Waals surface area contributed by atoms with Gasteiger partial charge in [-0.25, -0.2) is 4.98 Å². The number of H-pyrrole nitrogens is 1.